The molecule has 1 amide bonds. The van der Waals surface area contributed by atoms with Gasteiger partial charge in [-0.25, -0.2) is 0 Å². The van der Waals surface area contributed by atoms with Crippen LogP contribution >= 0.6 is 12.4 Å². The number of hydrogen-bond donors (Lipinski definition) is 1. The van der Waals surface area contributed by atoms with Crippen molar-refractivity contribution in [2.24, 2.45) is 17.1 Å². The Morgan fingerprint density at radius 2 is 2.00 bits per heavy atom. The largest absolute Gasteiger partial charge is 0.342 e. The minimum absolute atomic E-state index is 0. The third-order valence-electron chi connectivity index (χ3n) is 5.06. The van der Waals surface area contributed by atoms with Crippen LogP contribution in [0.3, 0.4) is 0 Å². The average molecular weight is 339 g/mol. The second-order valence-corrected chi connectivity index (χ2v) is 7.15. The number of halogens is 1. The lowest BCUT2D eigenvalue weighted by atomic mass is 9.78. The van der Waals surface area contributed by atoms with Gasteiger partial charge in [-0.2, -0.15) is 0 Å². The van der Waals surface area contributed by atoms with Crippen molar-refractivity contribution >= 4 is 18.3 Å². The van der Waals surface area contributed by atoms with Crippen LogP contribution in [0.1, 0.15) is 58.1 Å². The number of amides is 1. The summed E-state index contributed by atoms with van der Waals surface area (Å²) < 4.78 is 0. The van der Waals surface area contributed by atoms with Crippen molar-refractivity contribution < 1.29 is 4.79 Å². The fraction of sp³-hybridized carbons (Fsp3) is 0.632. The van der Waals surface area contributed by atoms with Crippen LogP contribution in [0.15, 0.2) is 30.3 Å². The molecule has 23 heavy (non-hydrogen) atoms. The van der Waals surface area contributed by atoms with Crippen LogP contribution in [0.5, 0.6) is 0 Å². The highest BCUT2D eigenvalue weighted by atomic mass is 35.5. The summed E-state index contributed by atoms with van der Waals surface area (Å²) in [5.74, 6) is 0.0322. The highest BCUT2D eigenvalue weighted by molar-refractivity contribution is 5.85. The lowest BCUT2D eigenvalue weighted by molar-refractivity contribution is -0.139. The summed E-state index contributed by atoms with van der Waals surface area (Å²) in [5, 5.41) is 0. The highest BCUT2D eigenvalue weighted by Crippen LogP contribution is 2.35. The van der Waals surface area contributed by atoms with Crippen LogP contribution in [-0.2, 0) is 4.79 Å². The summed E-state index contributed by atoms with van der Waals surface area (Å²) in [6.45, 7) is 8.26. The minimum atomic E-state index is -0.229. The molecule has 1 aromatic carbocycles. The molecule has 0 aliphatic carbocycles. The molecule has 2 rings (SSSR count). The Bertz CT molecular complexity index is 489. The normalized spacial score (nSPS) is 23.7. The molecule has 0 saturated carbocycles. The Hall–Kier alpha value is -1.06. The van der Waals surface area contributed by atoms with Gasteiger partial charge in [0.05, 0.1) is 5.92 Å². The van der Waals surface area contributed by atoms with E-state index in [4.69, 9.17) is 5.73 Å². The zero-order valence-corrected chi connectivity index (χ0v) is 15.4. The van der Waals surface area contributed by atoms with E-state index in [9.17, 15) is 4.79 Å². The second kappa shape index (κ2) is 8.70. The van der Waals surface area contributed by atoms with E-state index in [1.165, 1.54) is 19.3 Å². The van der Waals surface area contributed by atoms with Crippen LogP contribution in [0.25, 0.3) is 0 Å². The Labute approximate surface area is 147 Å². The van der Waals surface area contributed by atoms with Crippen LogP contribution in [-0.4, -0.2) is 23.9 Å². The number of benzene rings is 1. The van der Waals surface area contributed by atoms with Crippen molar-refractivity contribution in [3.8, 4) is 0 Å². The van der Waals surface area contributed by atoms with E-state index in [1.807, 2.05) is 42.2 Å². The summed E-state index contributed by atoms with van der Waals surface area (Å²) in [6, 6.07) is 9.71. The van der Waals surface area contributed by atoms with Crippen LogP contribution < -0.4 is 5.73 Å². The molecule has 1 aromatic rings. The Morgan fingerprint density at radius 1 is 1.35 bits per heavy atom. The third-order valence-corrected chi connectivity index (χ3v) is 5.06. The summed E-state index contributed by atoms with van der Waals surface area (Å²) in [4.78, 5) is 14.9. The molecule has 3 unspecified atom stereocenters. The average Bonchev–Trinajstić information content (AvgIpc) is 2.53. The number of nitrogens with zero attached hydrogens (tertiary/aromatic N) is 1. The summed E-state index contributed by atoms with van der Waals surface area (Å²) in [5.41, 5.74) is 7.64. The van der Waals surface area contributed by atoms with Crippen molar-refractivity contribution in [2.45, 2.75) is 52.5 Å². The molecule has 0 spiro atoms. The zero-order valence-electron chi connectivity index (χ0n) is 14.6. The van der Waals surface area contributed by atoms with Crippen molar-refractivity contribution in [2.75, 3.05) is 13.1 Å². The van der Waals surface area contributed by atoms with Crippen molar-refractivity contribution in [3.63, 3.8) is 0 Å². The fourth-order valence-corrected chi connectivity index (χ4v) is 3.72. The molecule has 1 heterocycles. The number of piperidine rings is 1. The maximum Gasteiger partial charge on any atom is 0.227 e. The Kier molecular flexibility index (Phi) is 7.56. The van der Waals surface area contributed by atoms with Crippen molar-refractivity contribution in [1.82, 2.24) is 4.90 Å². The number of nitrogens with two attached hydrogens (primary N) is 1. The molecule has 130 valence electrons. The first-order valence-corrected chi connectivity index (χ1v) is 8.56. The first-order valence-electron chi connectivity index (χ1n) is 8.56. The molecule has 2 N–H and O–H groups in total. The zero-order chi connectivity index (χ0) is 16.2. The first-order chi connectivity index (χ1) is 10.5. The maximum atomic E-state index is 12.9. The molecule has 1 aliphatic heterocycles. The smallest absolute Gasteiger partial charge is 0.227 e. The van der Waals surface area contributed by atoms with Gasteiger partial charge in [0.1, 0.15) is 0 Å². The number of rotatable bonds is 5. The number of hydrogen-bond acceptors (Lipinski definition) is 2. The van der Waals surface area contributed by atoms with E-state index in [0.29, 0.717) is 0 Å². The first kappa shape index (κ1) is 20.0. The van der Waals surface area contributed by atoms with Gasteiger partial charge < -0.3 is 10.6 Å². The third kappa shape index (κ3) is 4.95. The minimum Gasteiger partial charge on any atom is -0.342 e. The van der Waals surface area contributed by atoms with Gasteiger partial charge in [0, 0.05) is 19.1 Å². The Balaban J connectivity index is 0.00000264. The maximum absolute atomic E-state index is 12.9. The molecule has 0 aromatic heterocycles. The van der Waals surface area contributed by atoms with E-state index < -0.39 is 0 Å². The van der Waals surface area contributed by atoms with Gasteiger partial charge >= 0.3 is 0 Å². The lowest BCUT2D eigenvalue weighted by Gasteiger charge is -2.42. The predicted octanol–water partition coefficient (Wildman–Crippen LogP) is 4.17. The topological polar surface area (TPSA) is 46.3 Å². The Morgan fingerprint density at radius 3 is 2.61 bits per heavy atom. The molecule has 1 fully saturated rings. The van der Waals surface area contributed by atoms with Gasteiger partial charge in [-0.05, 0) is 30.2 Å². The van der Waals surface area contributed by atoms with Crippen LogP contribution in [0.4, 0.5) is 0 Å². The SMILES string of the molecule is CCCC1(C)CCCN(C(=O)C(C)C(N)c2ccccc2)C1.Cl. The number of likely N-dealkylation sites (tertiary alicyclic amines) is 1. The fourth-order valence-electron chi connectivity index (χ4n) is 3.72. The summed E-state index contributed by atoms with van der Waals surface area (Å²) in [7, 11) is 0. The lowest BCUT2D eigenvalue weighted by Crippen LogP contribution is -2.48. The number of carbonyl (C=O) groups excluding carboxylic acids is 1. The van der Waals surface area contributed by atoms with Crippen LogP contribution in [0, 0.1) is 11.3 Å². The van der Waals surface area contributed by atoms with Gasteiger partial charge in [0.15, 0.2) is 0 Å². The van der Waals surface area contributed by atoms with Gasteiger partial charge in [-0.1, -0.05) is 57.5 Å². The molecule has 1 aliphatic rings. The molecule has 3 atom stereocenters. The van der Waals surface area contributed by atoms with E-state index in [0.717, 1.165) is 25.1 Å². The highest BCUT2D eigenvalue weighted by Gasteiger charge is 2.35. The van der Waals surface area contributed by atoms with Crippen LogP contribution in [0.2, 0.25) is 0 Å². The molecule has 1 saturated heterocycles. The van der Waals surface area contributed by atoms with Crippen molar-refractivity contribution in [1.29, 1.82) is 0 Å². The van der Waals surface area contributed by atoms with E-state index >= 15 is 0 Å². The summed E-state index contributed by atoms with van der Waals surface area (Å²) >= 11 is 0. The van der Waals surface area contributed by atoms with Gasteiger partial charge in [0.2, 0.25) is 5.91 Å². The van der Waals surface area contributed by atoms with E-state index in [1.54, 1.807) is 0 Å². The monoisotopic (exact) mass is 338 g/mol. The van der Waals surface area contributed by atoms with Gasteiger partial charge in [-0.3, -0.25) is 4.79 Å². The van der Waals surface area contributed by atoms with Crippen molar-refractivity contribution in [3.05, 3.63) is 35.9 Å². The standard InChI is InChI=1S/C19H30N2O.ClH/c1-4-11-19(3)12-8-13-21(14-19)18(22)15(2)17(20)16-9-6-5-7-10-16;/h5-7,9-10,15,17H,4,8,11-14,20H2,1-3H3;1H. The molecule has 0 radical (unpaired) electrons. The molecular formula is C19H31ClN2O. The summed E-state index contributed by atoms with van der Waals surface area (Å²) in [6.07, 6.45) is 4.70. The number of carbonyl (C=O) groups is 1. The molecule has 3 nitrogen and oxygen atoms in total. The van der Waals surface area contributed by atoms with E-state index in [2.05, 4.69) is 13.8 Å². The predicted molar refractivity (Wildman–Crippen MR) is 98.6 cm³/mol. The van der Waals surface area contributed by atoms with Gasteiger partial charge in [0.25, 0.3) is 0 Å². The quantitative estimate of drug-likeness (QED) is 0.875. The molecular weight excluding hydrogens is 308 g/mol. The second-order valence-electron chi connectivity index (χ2n) is 7.15. The molecule has 4 heteroatoms. The molecule has 0 bridgehead atoms. The van der Waals surface area contributed by atoms with E-state index in [-0.39, 0.29) is 35.7 Å². The van der Waals surface area contributed by atoms with Gasteiger partial charge in [-0.15, -0.1) is 12.4 Å².